The van der Waals surface area contributed by atoms with Gasteiger partial charge in [-0.05, 0) is 46.7 Å². The van der Waals surface area contributed by atoms with Crippen LogP contribution in [0.5, 0.6) is 0 Å². The Morgan fingerprint density at radius 3 is 2.64 bits per heavy atom. The van der Waals surface area contributed by atoms with E-state index in [0.29, 0.717) is 18.7 Å². The van der Waals surface area contributed by atoms with Crippen LogP contribution < -0.4 is 11.1 Å². The number of hydrogen-bond acceptors (Lipinski definition) is 4. The lowest BCUT2D eigenvalue weighted by Gasteiger charge is -2.35. The molecule has 2 aromatic carbocycles. The minimum Gasteiger partial charge on any atom is -0.350 e. The van der Waals surface area contributed by atoms with Crippen molar-refractivity contribution < 1.29 is 4.79 Å². The molecule has 1 unspecified atom stereocenters. The Morgan fingerprint density at radius 1 is 1.11 bits per heavy atom. The maximum Gasteiger partial charge on any atom is 0.251 e. The highest BCUT2D eigenvalue weighted by Crippen LogP contribution is 2.30. The second kappa shape index (κ2) is 8.69. The maximum absolute atomic E-state index is 12.7. The van der Waals surface area contributed by atoms with Gasteiger partial charge in [0, 0.05) is 36.6 Å². The zero-order chi connectivity index (χ0) is 19.3. The van der Waals surface area contributed by atoms with Crippen LogP contribution in [0.1, 0.15) is 38.0 Å². The van der Waals surface area contributed by atoms with Crippen LogP contribution in [-0.2, 0) is 19.5 Å². The SMILES string of the molecule is NCc1ccc(C(=O)NCC(c2ccccc2)N2CCc3sccc3C2)cc1. The highest BCUT2D eigenvalue weighted by molar-refractivity contribution is 7.10. The number of benzene rings is 2. The summed E-state index contributed by atoms with van der Waals surface area (Å²) in [5.74, 6) is -0.0438. The van der Waals surface area contributed by atoms with Crippen LogP contribution in [0, 0.1) is 0 Å². The number of fused-ring (bicyclic) bond motifs is 1. The van der Waals surface area contributed by atoms with Crippen LogP contribution in [0.4, 0.5) is 0 Å². The summed E-state index contributed by atoms with van der Waals surface area (Å²) < 4.78 is 0. The van der Waals surface area contributed by atoms with E-state index in [4.69, 9.17) is 5.73 Å². The van der Waals surface area contributed by atoms with E-state index >= 15 is 0 Å². The van der Waals surface area contributed by atoms with E-state index in [1.165, 1.54) is 16.0 Å². The Morgan fingerprint density at radius 2 is 1.89 bits per heavy atom. The summed E-state index contributed by atoms with van der Waals surface area (Å²) in [6.45, 7) is 3.01. The number of carbonyl (C=O) groups is 1. The molecule has 0 fully saturated rings. The zero-order valence-corrected chi connectivity index (χ0v) is 16.6. The summed E-state index contributed by atoms with van der Waals surface area (Å²) >= 11 is 1.85. The molecular formula is C23H25N3OS. The van der Waals surface area contributed by atoms with Crippen molar-refractivity contribution in [2.45, 2.75) is 25.6 Å². The molecule has 3 aromatic rings. The van der Waals surface area contributed by atoms with Crippen molar-refractivity contribution in [1.82, 2.24) is 10.2 Å². The molecule has 4 nitrogen and oxygen atoms in total. The van der Waals surface area contributed by atoms with E-state index in [9.17, 15) is 4.79 Å². The van der Waals surface area contributed by atoms with Crippen LogP contribution in [0.2, 0.25) is 0 Å². The van der Waals surface area contributed by atoms with Crippen LogP contribution >= 0.6 is 11.3 Å². The lowest BCUT2D eigenvalue weighted by molar-refractivity contribution is 0.0928. The molecule has 0 saturated heterocycles. The van der Waals surface area contributed by atoms with E-state index < -0.39 is 0 Å². The Labute approximate surface area is 170 Å². The Balaban J connectivity index is 1.49. The summed E-state index contributed by atoms with van der Waals surface area (Å²) in [5, 5.41) is 5.32. The fraction of sp³-hybridized carbons (Fsp3) is 0.261. The summed E-state index contributed by atoms with van der Waals surface area (Å²) in [5.41, 5.74) is 9.99. The van der Waals surface area contributed by atoms with Crippen molar-refractivity contribution in [2.75, 3.05) is 13.1 Å². The van der Waals surface area contributed by atoms with Crippen molar-refractivity contribution in [3.63, 3.8) is 0 Å². The average Bonchev–Trinajstić information content (AvgIpc) is 3.22. The van der Waals surface area contributed by atoms with Gasteiger partial charge in [0.25, 0.3) is 5.91 Å². The second-order valence-electron chi connectivity index (χ2n) is 7.13. The Bertz CT molecular complexity index is 921. The molecule has 144 valence electrons. The molecule has 0 saturated carbocycles. The van der Waals surface area contributed by atoms with E-state index in [0.717, 1.165) is 25.1 Å². The molecule has 0 radical (unpaired) electrons. The number of nitrogens with one attached hydrogen (secondary N) is 1. The first kappa shape index (κ1) is 18.9. The molecule has 5 heteroatoms. The van der Waals surface area contributed by atoms with Gasteiger partial charge >= 0.3 is 0 Å². The molecule has 0 spiro atoms. The van der Waals surface area contributed by atoms with Gasteiger partial charge in [0.05, 0.1) is 6.04 Å². The van der Waals surface area contributed by atoms with E-state index in [-0.39, 0.29) is 11.9 Å². The van der Waals surface area contributed by atoms with Gasteiger partial charge < -0.3 is 11.1 Å². The minimum atomic E-state index is -0.0438. The van der Waals surface area contributed by atoms with Crippen LogP contribution in [0.25, 0.3) is 0 Å². The van der Waals surface area contributed by atoms with Crippen LogP contribution in [-0.4, -0.2) is 23.9 Å². The fourth-order valence-corrected chi connectivity index (χ4v) is 4.64. The van der Waals surface area contributed by atoms with Gasteiger partial charge in [-0.25, -0.2) is 0 Å². The molecule has 3 N–H and O–H groups in total. The summed E-state index contributed by atoms with van der Waals surface area (Å²) in [6.07, 6.45) is 1.07. The largest absolute Gasteiger partial charge is 0.350 e. The highest BCUT2D eigenvalue weighted by atomic mass is 32.1. The van der Waals surface area contributed by atoms with Gasteiger partial charge in [0.15, 0.2) is 0 Å². The average molecular weight is 392 g/mol. The number of hydrogen-bond donors (Lipinski definition) is 2. The molecule has 2 heterocycles. The number of carbonyl (C=O) groups excluding carboxylic acids is 1. The molecular weight excluding hydrogens is 366 g/mol. The number of nitrogens with two attached hydrogens (primary N) is 1. The van der Waals surface area contributed by atoms with Gasteiger partial charge in [0.1, 0.15) is 0 Å². The van der Waals surface area contributed by atoms with Gasteiger partial charge in [-0.15, -0.1) is 11.3 Å². The first-order valence-electron chi connectivity index (χ1n) is 9.66. The number of nitrogens with zero attached hydrogens (tertiary/aromatic N) is 1. The molecule has 0 bridgehead atoms. The first-order chi connectivity index (χ1) is 13.7. The summed E-state index contributed by atoms with van der Waals surface area (Å²) in [6, 6.07) is 20.3. The van der Waals surface area contributed by atoms with E-state index in [1.54, 1.807) is 0 Å². The summed E-state index contributed by atoms with van der Waals surface area (Å²) in [4.78, 5) is 16.6. The van der Waals surface area contributed by atoms with E-state index in [1.807, 2.05) is 41.7 Å². The minimum absolute atomic E-state index is 0.0438. The van der Waals surface area contributed by atoms with Crippen LogP contribution in [0.15, 0.2) is 66.0 Å². The first-order valence-corrected chi connectivity index (χ1v) is 10.5. The van der Waals surface area contributed by atoms with Crippen molar-refractivity contribution in [3.8, 4) is 0 Å². The lowest BCUT2D eigenvalue weighted by atomic mass is 10.0. The normalized spacial score (nSPS) is 15.0. The van der Waals surface area contributed by atoms with Gasteiger partial charge in [-0.2, -0.15) is 0 Å². The second-order valence-corrected chi connectivity index (χ2v) is 8.13. The van der Waals surface area contributed by atoms with Crippen molar-refractivity contribution in [1.29, 1.82) is 0 Å². The fourth-order valence-electron chi connectivity index (χ4n) is 3.75. The Hall–Kier alpha value is -2.47. The quantitative estimate of drug-likeness (QED) is 0.673. The smallest absolute Gasteiger partial charge is 0.251 e. The van der Waals surface area contributed by atoms with Crippen molar-refractivity contribution in [3.05, 3.63) is 93.2 Å². The summed E-state index contributed by atoms with van der Waals surface area (Å²) in [7, 11) is 0. The predicted octanol–water partition coefficient (Wildman–Crippen LogP) is 3.74. The zero-order valence-electron chi connectivity index (χ0n) is 15.8. The maximum atomic E-state index is 12.7. The third-order valence-electron chi connectivity index (χ3n) is 5.37. The van der Waals surface area contributed by atoms with Gasteiger partial charge in [-0.3, -0.25) is 9.69 Å². The lowest BCUT2D eigenvalue weighted by Crippen LogP contribution is -2.40. The molecule has 1 atom stereocenters. The van der Waals surface area contributed by atoms with Gasteiger partial charge in [0.2, 0.25) is 0 Å². The third-order valence-corrected chi connectivity index (χ3v) is 6.39. The Kier molecular flexibility index (Phi) is 5.86. The molecule has 1 amide bonds. The number of rotatable bonds is 6. The molecule has 0 aliphatic carbocycles. The van der Waals surface area contributed by atoms with Crippen LogP contribution in [0.3, 0.4) is 0 Å². The molecule has 1 aliphatic heterocycles. The molecule has 1 aliphatic rings. The molecule has 1 aromatic heterocycles. The highest BCUT2D eigenvalue weighted by Gasteiger charge is 2.26. The van der Waals surface area contributed by atoms with Gasteiger partial charge in [-0.1, -0.05) is 42.5 Å². The van der Waals surface area contributed by atoms with Crippen molar-refractivity contribution in [2.24, 2.45) is 5.73 Å². The predicted molar refractivity (Wildman–Crippen MR) is 114 cm³/mol. The molecule has 4 rings (SSSR count). The molecule has 28 heavy (non-hydrogen) atoms. The number of amides is 1. The monoisotopic (exact) mass is 391 g/mol. The third kappa shape index (κ3) is 4.17. The van der Waals surface area contributed by atoms with Crippen molar-refractivity contribution >= 4 is 17.2 Å². The van der Waals surface area contributed by atoms with E-state index in [2.05, 4.69) is 45.9 Å². The topological polar surface area (TPSA) is 58.4 Å². The number of thiophene rings is 1. The standard InChI is InChI=1S/C23H25N3OS/c24-14-17-6-8-19(9-7-17)23(27)25-15-21(18-4-2-1-3-5-18)26-12-10-22-20(16-26)11-13-28-22/h1-9,11,13,21H,10,12,14-16,24H2,(H,25,27).